The highest BCUT2D eigenvalue weighted by Crippen LogP contribution is 2.42. The highest BCUT2D eigenvalue weighted by molar-refractivity contribution is 7.99. The van der Waals surface area contributed by atoms with Crippen molar-refractivity contribution >= 4 is 29.3 Å². The highest BCUT2D eigenvalue weighted by atomic mass is 32.2. The number of benzene rings is 2. The Labute approximate surface area is 225 Å². The summed E-state index contributed by atoms with van der Waals surface area (Å²) in [5.74, 6) is 6.36. The Kier molecular flexibility index (Phi) is 8.09. The molecular formula is C31H40N2OS2. The lowest BCUT2D eigenvalue weighted by Crippen LogP contribution is -2.34. The van der Waals surface area contributed by atoms with E-state index in [9.17, 15) is 4.79 Å². The Morgan fingerprint density at radius 1 is 0.667 bits per heavy atom. The van der Waals surface area contributed by atoms with Crippen molar-refractivity contribution in [3.05, 3.63) is 69.8 Å². The van der Waals surface area contributed by atoms with Gasteiger partial charge >= 0.3 is 0 Å². The molecule has 0 unspecified atom stereocenters. The molecule has 2 saturated carbocycles. The normalized spacial score (nSPS) is 22.2. The van der Waals surface area contributed by atoms with Crippen molar-refractivity contribution in [2.45, 2.75) is 63.5 Å². The summed E-state index contributed by atoms with van der Waals surface area (Å²) in [5.41, 5.74) is 7.50. The zero-order chi connectivity index (χ0) is 24.3. The van der Waals surface area contributed by atoms with Crippen molar-refractivity contribution < 1.29 is 4.79 Å². The molecule has 0 radical (unpaired) electrons. The van der Waals surface area contributed by atoms with Gasteiger partial charge in [0.1, 0.15) is 0 Å². The molecule has 5 heteroatoms. The molecular weight excluding hydrogens is 480 g/mol. The molecule has 4 aliphatic rings. The van der Waals surface area contributed by atoms with E-state index in [1.807, 2.05) is 0 Å². The molecule has 0 atom stereocenters. The van der Waals surface area contributed by atoms with E-state index in [4.69, 9.17) is 0 Å². The third-order valence-corrected chi connectivity index (χ3v) is 10.9. The van der Waals surface area contributed by atoms with Crippen LogP contribution < -0.4 is 0 Å². The second-order valence-corrected chi connectivity index (χ2v) is 13.6. The average Bonchev–Trinajstić information content (AvgIpc) is 2.85. The largest absolute Gasteiger partial charge is 0.297 e. The van der Waals surface area contributed by atoms with Crippen LogP contribution in [0.2, 0.25) is 0 Å². The van der Waals surface area contributed by atoms with Crippen LogP contribution in [0.25, 0.3) is 0 Å². The molecule has 192 valence electrons. The summed E-state index contributed by atoms with van der Waals surface area (Å²) in [4.78, 5) is 19.7. The van der Waals surface area contributed by atoms with Gasteiger partial charge in [0.05, 0.1) is 0 Å². The maximum absolute atomic E-state index is 14.5. The molecule has 0 spiro atoms. The Balaban J connectivity index is 1.38. The standard InChI is InChI=1S/C31H40N2OS2/c34-31(27-11-3-9-25(23-5-1-6-23)29(27)21-32-13-17-35-18-14-32)28-12-4-10-26(24-7-2-8-24)30(28)22-33-15-19-36-20-16-33/h3-4,9-12,23-24H,1-2,5-8,13-22H2. The molecule has 0 amide bonds. The van der Waals surface area contributed by atoms with Gasteiger partial charge in [0.15, 0.2) is 5.78 Å². The van der Waals surface area contributed by atoms with E-state index < -0.39 is 0 Å². The lowest BCUT2D eigenvalue weighted by molar-refractivity contribution is 0.103. The minimum Gasteiger partial charge on any atom is -0.297 e. The molecule has 0 aromatic heterocycles. The second-order valence-electron chi connectivity index (χ2n) is 11.1. The van der Waals surface area contributed by atoms with Gasteiger partial charge in [0, 0.05) is 73.4 Å². The summed E-state index contributed by atoms with van der Waals surface area (Å²) in [5, 5.41) is 0. The van der Waals surface area contributed by atoms with E-state index in [-0.39, 0.29) is 5.78 Å². The first-order valence-corrected chi connectivity index (χ1v) is 16.5. The molecule has 2 saturated heterocycles. The van der Waals surface area contributed by atoms with E-state index in [0.717, 1.165) is 50.4 Å². The number of hydrogen-bond acceptors (Lipinski definition) is 5. The van der Waals surface area contributed by atoms with Crippen LogP contribution in [0.3, 0.4) is 0 Å². The molecule has 2 heterocycles. The Morgan fingerprint density at radius 3 is 1.44 bits per heavy atom. The number of nitrogens with zero attached hydrogens (tertiary/aromatic N) is 2. The van der Waals surface area contributed by atoms with Crippen LogP contribution in [-0.2, 0) is 13.1 Å². The van der Waals surface area contributed by atoms with Crippen LogP contribution >= 0.6 is 23.5 Å². The van der Waals surface area contributed by atoms with Crippen LogP contribution in [0, 0.1) is 0 Å². The van der Waals surface area contributed by atoms with E-state index in [0.29, 0.717) is 11.8 Å². The quantitative estimate of drug-likeness (QED) is 0.367. The Hall–Kier alpha value is -1.27. The third kappa shape index (κ3) is 5.32. The van der Waals surface area contributed by atoms with Crippen LogP contribution in [0.1, 0.15) is 88.5 Å². The Bertz CT molecular complexity index is 983. The lowest BCUT2D eigenvalue weighted by atomic mass is 9.75. The summed E-state index contributed by atoms with van der Waals surface area (Å²) >= 11 is 4.12. The Morgan fingerprint density at radius 2 is 1.08 bits per heavy atom. The maximum Gasteiger partial charge on any atom is 0.193 e. The maximum atomic E-state index is 14.5. The van der Waals surface area contributed by atoms with Crippen molar-refractivity contribution in [2.75, 3.05) is 49.2 Å². The second kappa shape index (κ2) is 11.6. The fourth-order valence-electron chi connectivity index (χ4n) is 6.30. The summed E-state index contributed by atoms with van der Waals surface area (Å²) in [6.45, 7) is 6.38. The number of ketones is 1. The number of hydrogen-bond donors (Lipinski definition) is 0. The number of carbonyl (C=O) groups is 1. The minimum absolute atomic E-state index is 0.264. The molecule has 2 aromatic carbocycles. The summed E-state index contributed by atoms with van der Waals surface area (Å²) < 4.78 is 0. The fraction of sp³-hybridized carbons (Fsp3) is 0.581. The van der Waals surface area contributed by atoms with E-state index in [1.165, 1.54) is 83.8 Å². The van der Waals surface area contributed by atoms with Crippen LogP contribution in [0.15, 0.2) is 36.4 Å². The van der Waals surface area contributed by atoms with Crippen LogP contribution in [0.5, 0.6) is 0 Å². The van der Waals surface area contributed by atoms with Crippen molar-refractivity contribution in [2.24, 2.45) is 0 Å². The van der Waals surface area contributed by atoms with Gasteiger partial charge in [0.25, 0.3) is 0 Å². The molecule has 2 aliphatic carbocycles. The number of rotatable bonds is 8. The first-order chi connectivity index (χ1) is 17.8. The first kappa shape index (κ1) is 25.0. The topological polar surface area (TPSA) is 23.6 Å². The molecule has 0 N–H and O–H groups in total. The van der Waals surface area contributed by atoms with Crippen molar-refractivity contribution in [1.82, 2.24) is 9.80 Å². The summed E-state index contributed by atoms with van der Waals surface area (Å²) in [6, 6.07) is 13.2. The summed E-state index contributed by atoms with van der Waals surface area (Å²) in [7, 11) is 0. The van der Waals surface area contributed by atoms with Crippen molar-refractivity contribution in [1.29, 1.82) is 0 Å². The third-order valence-electron chi connectivity index (χ3n) is 8.97. The minimum atomic E-state index is 0.264. The lowest BCUT2D eigenvalue weighted by Gasteiger charge is -2.33. The van der Waals surface area contributed by atoms with Gasteiger partial charge in [-0.05, 0) is 59.8 Å². The fourth-order valence-corrected chi connectivity index (χ4v) is 8.26. The number of carbonyl (C=O) groups excluding carboxylic acids is 1. The molecule has 0 bridgehead atoms. The molecule has 2 aliphatic heterocycles. The molecule has 36 heavy (non-hydrogen) atoms. The highest BCUT2D eigenvalue weighted by Gasteiger charge is 2.30. The van der Waals surface area contributed by atoms with Gasteiger partial charge < -0.3 is 0 Å². The van der Waals surface area contributed by atoms with Crippen LogP contribution in [0.4, 0.5) is 0 Å². The van der Waals surface area contributed by atoms with Gasteiger partial charge in [-0.25, -0.2) is 0 Å². The molecule has 4 fully saturated rings. The number of thioether (sulfide) groups is 2. The molecule has 6 rings (SSSR count). The predicted octanol–water partition coefficient (Wildman–Crippen LogP) is 6.55. The van der Waals surface area contributed by atoms with E-state index >= 15 is 0 Å². The van der Waals surface area contributed by atoms with Gasteiger partial charge in [-0.3, -0.25) is 14.6 Å². The van der Waals surface area contributed by atoms with Gasteiger partial charge in [-0.15, -0.1) is 0 Å². The van der Waals surface area contributed by atoms with E-state index in [1.54, 1.807) is 0 Å². The predicted molar refractivity (Wildman–Crippen MR) is 155 cm³/mol. The monoisotopic (exact) mass is 520 g/mol. The summed E-state index contributed by atoms with van der Waals surface area (Å²) in [6.07, 6.45) is 7.74. The molecule has 2 aromatic rings. The average molecular weight is 521 g/mol. The smallest absolute Gasteiger partial charge is 0.193 e. The van der Waals surface area contributed by atoms with Gasteiger partial charge in [0.2, 0.25) is 0 Å². The SMILES string of the molecule is O=C(c1cccc(C2CCC2)c1CN1CCSCC1)c1cccc(C2CCC2)c1CN1CCSCC1. The molecule has 3 nitrogen and oxygen atoms in total. The zero-order valence-corrected chi connectivity index (χ0v) is 23.2. The van der Waals surface area contributed by atoms with Gasteiger partial charge in [-0.1, -0.05) is 49.2 Å². The van der Waals surface area contributed by atoms with E-state index in [2.05, 4.69) is 69.7 Å². The zero-order valence-electron chi connectivity index (χ0n) is 21.6. The first-order valence-electron chi connectivity index (χ1n) is 14.2. The van der Waals surface area contributed by atoms with Gasteiger partial charge in [-0.2, -0.15) is 23.5 Å². The van der Waals surface area contributed by atoms with Crippen molar-refractivity contribution in [3.63, 3.8) is 0 Å². The van der Waals surface area contributed by atoms with Crippen LogP contribution in [-0.4, -0.2) is 64.8 Å². The van der Waals surface area contributed by atoms with Crippen molar-refractivity contribution in [3.8, 4) is 0 Å².